The fourth-order valence-corrected chi connectivity index (χ4v) is 7.05. The number of benzene rings is 2. The first-order valence-electron chi connectivity index (χ1n) is 11.6. The minimum atomic E-state index is -3.64. The van der Waals surface area contributed by atoms with E-state index in [0.29, 0.717) is 50.3 Å². The zero-order valence-electron chi connectivity index (χ0n) is 18.9. The molecule has 0 aliphatic carbocycles. The second-order valence-electron chi connectivity index (χ2n) is 8.92. The Kier molecular flexibility index (Phi) is 7.46. The molecule has 2 fully saturated rings. The summed E-state index contributed by atoms with van der Waals surface area (Å²) in [6, 6.07) is 13.0. The molecule has 0 aromatic heterocycles. The maximum Gasteiger partial charge on any atom is 0.224 e. The first-order valence-corrected chi connectivity index (χ1v) is 13.1. The Morgan fingerprint density at radius 1 is 1.15 bits per heavy atom. The predicted octanol–water partition coefficient (Wildman–Crippen LogP) is 4.81. The van der Waals surface area contributed by atoms with Crippen LogP contribution in [0.2, 0.25) is 0 Å². The van der Waals surface area contributed by atoms with Gasteiger partial charge in [-0.3, -0.25) is 4.79 Å². The second kappa shape index (κ2) is 10.3. The van der Waals surface area contributed by atoms with Gasteiger partial charge < -0.3 is 10.1 Å². The van der Waals surface area contributed by atoms with Crippen molar-refractivity contribution >= 4 is 21.6 Å². The summed E-state index contributed by atoms with van der Waals surface area (Å²) in [4.78, 5) is 12.4. The molecule has 0 saturated carbocycles. The number of anilines is 1. The molecule has 6 nitrogen and oxygen atoms in total. The van der Waals surface area contributed by atoms with E-state index in [1.54, 1.807) is 19.1 Å². The summed E-state index contributed by atoms with van der Waals surface area (Å²) in [5.41, 5.74) is 1.44. The molecular weight excluding hydrogens is 443 g/mol. The van der Waals surface area contributed by atoms with Gasteiger partial charge in [0.25, 0.3) is 0 Å². The number of hydrogen-bond donors (Lipinski definition) is 1. The van der Waals surface area contributed by atoms with Crippen LogP contribution in [0.3, 0.4) is 0 Å². The quantitative estimate of drug-likeness (QED) is 0.652. The third-order valence-corrected chi connectivity index (χ3v) is 9.06. The second-order valence-corrected chi connectivity index (χ2v) is 11.0. The van der Waals surface area contributed by atoms with Crippen molar-refractivity contribution in [1.82, 2.24) is 4.31 Å². The van der Waals surface area contributed by atoms with Gasteiger partial charge in [-0.25, -0.2) is 12.8 Å². The number of amides is 1. The Morgan fingerprint density at radius 3 is 2.58 bits per heavy atom. The van der Waals surface area contributed by atoms with Crippen LogP contribution in [0.15, 0.2) is 48.5 Å². The topological polar surface area (TPSA) is 75.7 Å². The fraction of sp³-hybridized carbons (Fsp3) is 0.480. The molecule has 2 aromatic carbocycles. The lowest BCUT2D eigenvalue weighted by molar-refractivity contribution is -0.117. The molecule has 1 amide bonds. The summed E-state index contributed by atoms with van der Waals surface area (Å²) in [5, 5.41) is 2.15. The third-order valence-electron chi connectivity index (χ3n) is 6.68. The Labute approximate surface area is 195 Å². The van der Waals surface area contributed by atoms with Crippen LogP contribution in [0.1, 0.15) is 61.4 Å². The highest BCUT2D eigenvalue weighted by atomic mass is 32.2. The number of rotatable bonds is 6. The maximum absolute atomic E-state index is 15.0. The molecule has 1 N–H and O–H groups in total. The Bertz CT molecular complexity index is 1070. The highest BCUT2D eigenvalue weighted by Crippen LogP contribution is 2.39. The van der Waals surface area contributed by atoms with Gasteiger partial charge in [0.2, 0.25) is 15.9 Å². The van der Waals surface area contributed by atoms with Crippen LogP contribution in [0.25, 0.3) is 0 Å². The van der Waals surface area contributed by atoms with Crippen molar-refractivity contribution in [3.63, 3.8) is 0 Å². The van der Waals surface area contributed by atoms with Crippen LogP contribution in [0, 0.1) is 11.7 Å². The van der Waals surface area contributed by atoms with Crippen molar-refractivity contribution in [3.05, 3.63) is 65.5 Å². The average molecular weight is 475 g/mol. The minimum absolute atomic E-state index is 0.147. The number of carbonyl (C=O) groups excluding carboxylic acids is 1. The summed E-state index contributed by atoms with van der Waals surface area (Å²) in [5.74, 6) is -0.389. The van der Waals surface area contributed by atoms with Crippen LogP contribution in [0.5, 0.6) is 0 Å². The molecule has 33 heavy (non-hydrogen) atoms. The fourth-order valence-electron chi connectivity index (χ4n) is 4.82. The SMILES string of the molecule is CC(c1ccc(NC(=O)CC2CCOCC2)cc1F)N1CCCC(c2ccccc2)S1(=O)=O. The summed E-state index contributed by atoms with van der Waals surface area (Å²) in [7, 11) is -3.64. The Morgan fingerprint density at radius 2 is 1.88 bits per heavy atom. The van der Waals surface area contributed by atoms with Crippen LogP contribution in [-0.2, 0) is 19.6 Å². The molecule has 2 aliphatic rings. The summed E-state index contributed by atoms with van der Waals surface area (Å²) in [6.07, 6.45) is 3.36. The van der Waals surface area contributed by atoms with Gasteiger partial charge in [0.15, 0.2) is 0 Å². The van der Waals surface area contributed by atoms with E-state index in [2.05, 4.69) is 5.32 Å². The van der Waals surface area contributed by atoms with Crippen LogP contribution >= 0.6 is 0 Å². The van der Waals surface area contributed by atoms with Gasteiger partial charge in [-0.15, -0.1) is 0 Å². The van der Waals surface area contributed by atoms with Gasteiger partial charge in [-0.1, -0.05) is 36.4 Å². The molecule has 2 saturated heterocycles. The molecule has 178 valence electrons. The average Bonchev–Trinajstić information content (AvgIpc) is 2.79. The van der Waals surface area contributed by atoms with Gasteiger partial charge in [-0.2, -0.15) is 4.31 Å². The molecule has 4 rings (SSSR count). The molecule has 8 heteroatoms. The van der Waals surface area contributed by atoms with E-state index >= 15 is 4.39 Å². The highest BCUT2D eigenvalue weighted by molar-refractivity contribution is 7.89. The van der Waals surface area contributed by atoms with Crippen molar-refractivity contribution in [2.24, 2.45) is 5.92 Å². The third kappa shape index (κ3) is 5.45. The van der Waals surface area contributed by atoms with E-state index in [4.69, 9.17) is 4.74 Å². The number of nitrogens with one attached hydrogen (secondary N) is 1. The van der Waals surface area contributed by atoms with Crippen LogP contribution < -0.4 is 5.32 Å². The monoisotopic (exact) mass is 474 g/mol. The molecule has 2 atom stereocenters. The van der Waals surface area contributed by atoms with Crippen LogP contribution in [0.4, 0.5) is 10.1 Å². The lowest BCUT2D eigenvalue weighted by atomic mass is 9.96. The lowest BCUT2D eigenvalue weighted by Crippen LogP contribution is -2.41. The van der Waals surface area contributed by atoms with Crippen molar-refractivity contribution < 1.29 is 22.3 Å². The largest absolute Gasteiger partial charge is 0.381 e. The number of nitrogens with zero attached hydrogens (tertiary/aromatic N) is 1. The normalized spacial score (nSPS) is 22.5. The van der Waals surface area contributed by atoms with Gasteiger partial charge in [0.1, 0.15) is 11.1 Å². The van der Waals surface area contributed by atoms with Crippen molar-refractivity contribution in [1.29, 1.82) is 0 Å². The molecule has 0 spiro atoms. The van der Waals surface area contributed by atoms with Crippen molar-refractivity contribution in [2.45, 2.75) is 50.3 Å². The number of hydrogen-bond acceptors (Lipinski definition) is 4. The first kappa shape index (κ1) is 23.9. The molecule has 2 unspecified atom stereocenters. The van der Waals surface area contributed by atoms with Crippen LogP contribution in [-0.4, -0.2) is 38.4 Å². The van der Waals surface area contributed by atoms with E-state index in [-0.39, 0.29) is 11.8 Å². The number of carbonyl (C=O) groups is 1. The molecule has 2 aliphatic heterocycles. The van der Waals surface area contributed by atoms with Crippen molar-refractivity contribution in [2.75, 3.05) is 25.1 Å². The van der Waals surface area contributed by atoms with E-state index < -0.39 is 27.1 Å². The summed E-state index contributed by atoms with van der Waals surface area (Å²) in [6.45, 7) is 3.41. The van der Waals surface area contributed by atoms with E-state index in [9.17, 15) is 13.2 Å². The van der Waals surface area contributed by atoms with Gasteiger partial charge in [0.05, 0.1) is 0 Å². The predicted molar refractivity (Wildman–Crippen MR) is 126 cm³/mol. The summed E-state index contributed by atoms with van der Waals surface area (Å²) < 4.78 is 48.5. The van der Waals surface area contributed by atoms with Gasteiger partial charge in [-0.05, 0) is 56.2 Å². The molecule has 0 radical (unpaired) electrons. The summed E-state index contributed by atoms with van der Waals surface area (Å²) >= 11 is 0. The minimum Gasteiger partial charge on any atom is -0.381 e. The lowest BCUT2D eigenvalue weighted by Gasteiger charge is -2.36. The zero-order valence-corrected chi connectivity index (χ0v) is 19.7. The van der Waals surface area contributed by atoms with Crippen molar-refractivity contribution in [3.8, 4) is 0 Å². The number of halogens is 1. The highest BCUT2D eigenvalue weighted by Gasteiger charge is 2.40. The Hall–Kier alpha value is -2.29. The smallest absolute Gasteiger partial charge is 0.224 e. The molecule has 2 aromatic rings. The van der Waals surface area contributed by atoms with E-state index in [0.717, 1.165) is 18.4 Å². The molecular formula is C25H31FN2O4S. The van der Waals surface area contributed by atoms with Gasteiger partial charge in [0, 0.05) is 43.5 Å². The number of sulfonamides is 1. The number of ether oxygens (including phenoxy) is 1. The maximum atomic E-state index is 15.0. The van der Waals surface area contributed by atoms with E-state index in [1.807, 2.05) is 30.3 Å². The molecule has 2 heterocycles. The van der Waals surface area contributed by atoms with Gasteiger partial charge >= 0.3 is 0 Å². The molecule has 0 bridgehead atoms. The zero-order chi connectivity index (χ0) is 23.4. The van der Waals surface area contributed by atoms with E-state index in [1.165, 1.54) is 10.4 Å². The Balaban J connectivity index is 1.46. The standard InChI is InChI=1S/C25H31FN2O4S/c1-18(28-13-5-8-24(33(28,30)31)20-6-3-2-4-7-20)22-10-9-21(17-23(22)26)27-25(29)16-19-11-14-32-15-12-19/h2-4,6-7,9-10,17-19,24H,5,8,11-16H2,1H3,(H,27,29). The first-order chi connectivity index (χ1) is 15.9.